The second-order valence-corrected chi connectivity index (χ2v) is 3.65. The summed E-state index contributed by atoms with van der Waals surface area (Å²) in [5.74, 6) is 0.945. The third-order valence-corrected chi connectivity index (χ3v) is 2.33. The average molecular weight is 228 g/mol. The molecular formula is C14H12O3. The van der Waals surface area contributed by atoms with E-state index in [9.17, 15) is 9.90 Å². The van der Waals surface area contributed by atoms with E-state index in [1.54, 1.807) is 12.1 Å². The van der Waals surface area contributed by atoms with E-state index in [2.05, 4.69) is 0 Å². The van der Waals surface area contributed by atoms with Crippen molar-refractivity contribution in [2.75, 3.05) is 0 Å². The molecule has 0 fully saturated rings. The molecule has 0 spiro atoms. The molecule has 2 aromatic rings. The predicted molar refractivity (Wildman–Crippen MR) is 64.6 cm³/mol. The maximum absolute atomic E-state index is 11.1. The van der Waals surface area contributed by atoms with Crippen molar-refractivity contribution in [1.29, 1.82) is 0 Å². The van der Waals surface area contributed by atoms with E-state index in [1.807, 2.05) is 30.3 Å². The first-order valence-corrected chi connectivity index (χ1v) is 5.23. The number of Topliss-reactive ketones (excluding diaryl/α,β-unsaturated/α-hetero) is 1. The SMILES string of the molecule is CC(=O)c1ccc(Oc2ccccc2)cc1O. The molecule has 0 heterocycles. The summed E-state index contributed by atoms with van der Waals surface area (Å²) in [4.78, 5) is 11.1. The maximum Gasteiger partial charge on any atom is 0.163 e. The quantitative estimate of drug-likeness (QED) is 0.819. The second-order valence-electron chi connectivity index (χ2n) is 3.65. The Morgan fingerprint density at radius 1 is 1.06 bits per heavy atom. The number of carbonyl (C=O) groups is 1. The van der Waals surface area contributed by atoms with Crippen molar-refractivity contribution in [3.05, 3.63) is 54.1 Å². The predicted octanol–water partition coefficient (Wildman–Crippen LogP) is 3.39. The van der Waals surface area contributed by atoms with Gasteiger partial charge in [-0.25, -0.2) is 0 Å². The molecular weight excluding hydrogens is 216 g/mol. The van der Waals surface area contributed by atoms with Gasteiger partial charge in [0.2, 0.25) is 0 Å². The minimum Gasteiger partial charge on any atom is -0.507 e. The van der Waals surface area contributed by atoms with Crippen LogP contribution in [0.25, 0.3) is 0 Å². The summed E-state index contributed by atoms with van der Waals surface area (Å²) >= 11 is 0. The second kappa shape index (κ2) is 4.70. The van der Waals surface area contributed by atoms with Crippen LogP contribution in [-0.4, -0.2) is 10.9 Å². The van der Waals surface area contributed by atoms with Crippen LogP contribution in [0.15, 0.2) is 48.5 Å². The Labute approximate surface area is 99.3 Å². The van der Waals surface area contributed by atoms with E-state index < -0.39 is 0 Å². The van der Waals surface area contributed by atoms with Crippen molar-refractivity contribution < 1.29 is 14.6 Å². The Bertz CT molecular complexity index is 532. The first-order chi connectivity index (χ1) is 8.16. The topological polar surface area (TPSA) is 46.5 Å². The van der Waals surface area contributed by atoms with Gasteiger partial charge in [0.15, 0.2) is 5.78 Å². The van der Waals surface area contributed by atoms with Gasteiger partial charge in [0.1, 0.15) is 17.2 Å². The van der Waals surface area contributed by atoms with E-state index in [0.29, 0.717) is 17.1 Å². The molecule has 2 rings (SSSR count). The summed E-state index contributed by atoms with van der Waals surface area (Å²) in [6.45, 7) is 1.41. The standard InChI is InChI=1S/C14H12O3/c1-10(15)13-8-7-12(9-14(13)16)17-11-5-3-2-4-6-11/h2-9,16H,1H3. The van der Waals surface area contributed by atoms with Crippen LogP contribution in [-0.2, 0) is 0 Å². The van der Waals surface area contributed by atoms with E-state index >= 15 is 0 Å². The lowest BCUT2D eigenvalue weighted by molar-refractivity contribution is 0.101. The fraction of sp³-hybridized carbons (Fsp3) is 0.0714. The van der Waals surface area contributed by atoms with Crippen LogP contribution >= 0.6 is 0 Å². The Kier molecular flexibility index (Phi) is 3.10. The lowest BCUT2D eigenvalue weighted by Gasteiger charge is -2.07. The van der Waals surface area contributed by atoms with Crippen molar-refractivity contribution in [1.82, 2.24) is 0 Å². The highest BCUT2D eigenvalue weighted by atomic mass is 16.5. The molecule has 1 N–H and O–H groups in total. The molecule has 0 aromatic heterocycles. The Hall–Kier alpha value is -2.29. The number of para-hydroxylation sites is 1. The van der Waals surface area contributed by atoms with E-state index in [4.69, 9.17) is 4.74 Å². The number of phenols is 1. The number of rotatable bonds is 3. The van der Waals surface area contributed by atoms with Crippen molar-refractivity contribution in [2.45, 2.75) is 6.92 Å². The van der Waals surface area contributed by atoms with Gasteiger partial charge in [-0.3, -0.25) is 4.79 Å². The summed E-state index contributed by atoms with van der Waals surface area (Å²) in [6, 6.07) is 13.9. The number of hydrogen-bond donors (Lipinski definition) is 1. The first-order valence-electron chi connectivity index (χ1n) is 5.23. The molecule has 0 atom stereocenters. The summed E-state index contributed by atoms with van der Waals surface area (Å²) in [6.07, 6.45) is 0. The van der Waals surface area contributed by atoms with Crippen LogP contribution in [0.1, 0.15) is 17.3 Å². The molecule has 3 heteroatoms. The smallest absolute Gasteiger partial charge is 0.163 e. The number of benzene rings is 2. The van der Waals surface area contributed by atoms with Crippen LogP contribution in [0.5, 0.6) is 17.2 Å². The maximum atomic E-state index is 11.1. The minimum atomic E-state index is -0.172. The molecule has 86 valence electrons. The Balaban J connectivity index is 2.24. The summed E-state index contributed by atoms with van der Waals surface area (Å²) in [5, 5.41) is 9.64. The van der Waals surface area contributed by atoms with Gasteiger partial charge < -0.3 is 9.84 Å². The molecule has 0 aliphatic rings. The summed E-state index contributed by atoms with van der Waals surface area (Å²) < 4.78 is 5.52. The van der Waals surface area contributed by atoms with E-state index in [1.165, 1.54) is 13.0 Å². The van der Waals surface area contributed by atoms with Gasteiger partial charge in [0, 0.05) is 6.07 Å². The molecule has 17 heavy (non-hydrogen) atoms. The molecule has 2 aromatic carbocycles. The van der Waals surface area contributed by atoms with Crippen LogP contribution in [0.4, 0.5) is 0 Å². The number of phenolic OH excluding ortho intramolecular Hbond substituents is 1. The monoisotopic (exact) mass is 228 g/mol. The van der Waals surface area contributed by atoms with E-state index in [0.717, 1.165) is 0 Å². The van der Waals surface area contributed by atoms with Gasteiger partial charge in [0.25, 0.3) is 0 Å². The largest absolute Gasteiger partial charge is 0.507 e. The van der Waals surface area contributed by atoms with Crippen LogP contribution in [0, 0.1) is 0 Å². The molecule has 0 saturated carbocycles. The fourth-order valence-electron chi connectivity index (χ4n) is 1.50. The number of ether oxygens (including phenoxy) is 1. The molecule has 3 nitrogen and oxygen atoms in total. The van der Waals surface area contributed by atoms with E-state index in [-0.39, 0.29) is 11.5 Å². The van der Waals surface area contributed by atoms with Gasteiger partial charge in [-0.15, -0.1) is 0 Å². The fourth-order valence-corrected chi connectivity index (χ4v) is 1.50. The van der Waals surface area contributed by atoms with Crippen molar-refractivity contribution in [3.63, 3.8) is 0 Å². The number of aromatic hydroxyl groups is 1. The highest BCUT2D eigenvalue weighted by Gasteiger charge is 2.07. The van der Waals surface area contributed by atoms with Gasteiger partial charge in [-0.2, -0.15) is 0 Å². The van der Waals surface area contributed by atoms with Crippen LogP contribution < -0.4 is 4.74 Å². The lowest BCUT2D eigenvalue weighted by atomic mass is 10.1. The highest BCUT2D eigenvalue weighted by Crippen LogP contribution is 2.27. The number of hydrogen-bond acceptors (Lipinski definition) is 3. The van der Waals surface area contributed by atoms with Crippen molar-refractivity contribution >= 4 is 5.78 Å². The zero-order valence-corrected chi connectivity index (χ0v) is 9.38. The normalized spacial score (nSPS) is 9.94. The van der Waals surface area contributed by atoms with Gasteiger partial charge in [0.05, 0.1) is 5.56 Å². The third-order valence-electron chi connectivity index (χ3n) is 2.33. The van der Waals surface area contributed by atoms with Crippen molar-refractivity contribution in [2.24, 2.45) is 0 Å². The molecule has 0 aliphatic carbocycles. The average Bonchev–Trinajstić information content (AvgIpc) is 2.30. The van der Waals surface area contributed by atoms with Crippen molar-refractivity contribution in [3.8, 4) is 17.2 Å². The molecule has 0 bridgehead atoms. The van der Waals surface area contributed by atoms with Crippen LogP contribution in [0.2, 0.25) is 0 Å². The summed E-state index contributed by atoms with van der Waals surface area (Å²) in [5.41, 5.74) is 0.297. The minimum absolute atomic E-state index is 0.0640. The van der Waals surface area contributed by atoms with Gasteiger partial charge in [-0.1, -0.05) is 18.2 Å². The zero-order chi connectivity index (χ0) is 12.3. The molecule has 0 unspecified atom stereocenters. The highest BCUT2D eigenvalue weighted by molar-refractivity contribution is 5.96. The third kappa shape index (κ3) is 2.64. The molecule has 0 radical (unpaired) electrons. The lowest BCUT2D eigenvalue weighted by Crippen LogP contribution is -1.93. The van der Waals surface area contributed by atoms with Crippen LogP contribution in [0.3, 0.4) is 0 Å². The first kappa shape index (κ1) is 11.2. The van der Waals surface area contributed by atoms with Gasteiger partial charge in [-0.05, 0) is 31.2 Å². The Morgan fingerprint density at radius 3 is 2.35 bits per heavy atom. The Morgan fingerprint density at radius 2 is 1.76 bits per heavy atom. The molecule has 0 aliphatic heterocycles. The molecule has 0 amide bonds. The number of ketones is 1. The number of carbonyl (C=O) groups excluding carboxylic acids is 1. The zero-order valence-electron chi connectivity index (χ0n) is 9.38. The molecule has 0 saturated heterocycles. The van der Waals surface area contributed by atoms with Gasteiger partial charge >= 0.3 is 0 Å². The summed E-state index contributed by atoms with van der Waals surface area (Å²) in [7, 11) is 0.